The number of ether oxygens (including phenoxy) is 2. The highest BCUT2D eigenvalue weighted by atomic mass is 16.5. The van der Waals surface area contributed by atoms with Gasteiger partial charge in [0.15, 0.2) is 0 Å². The van der Waals surface area contributed by atoms with Crippen molar-refractivity contribution in [1.29, 1.82) is 0 Å². The van der Waals surface area contributed by atoms with Crippen molar-refractivity contribution in [3.05, 3.63) is 0 Å². The molecule has 0 aromatic carbocycles. The molecule has 0 N–H and O–H groups in total. The van der Waals surface area contributed by atoms with Crippen LogP contribution >= 0.6 is 0 Å². The van der Waals surface area contributed by atoms with E-state index in [1.54, 1.807) is 0 Å². The Bertz CT molecular complexity index is 761. The van der Waals surface area contributed by atoms with E-state index in [1.165, 1.54) is 180 Å². The number of unbranched alkanes of at least 4 members (excludes halogenated alkanes) is 18. The average molecular weight is 735 g/mol. The van der Waals surface area contributed by atoms with E-state index in [4.69, 9.17) is 9.47 Å². The molecule has 0 aromatic heterocycles. The van der Waals surface area contributed by atoms with Crippen molar-refractivity contribution in [1.82, 2.24) is 9.80 Å². The maximum absolute atomic E-state index is 12.3. The van der Waals surface area contributed by atoms with Crippen LogP contribution in [0.3, 0.4) is 0 Å². The molecule has 1 heterocycles. The highest BCUT2D eigenvalue weighted by molar-refractivity contribution is 5.69. The number of hydrogen-bond acceptors (Lipinski definition) is 6. The van der Waals surface area contributed by atoms with Crippen LogP contribution in [0.1, 0.15) is 226 Å². The van der Waals surface area contributed by atoms with Gasteiger partial charge in [0.05, 0.1) is 13.2 Å². The minimum absolute atomic E-state index is 0.00441. The van der Waals surface area contributed by atoms with Gasteiger partial charge in [-0.15, -0.1) is 0 Å². The van der Waals surface area contributed by atoms with Gasteiger partial charge >= 0.3 is 11.9 Å². The fraction of sp³-hybridized carbons (Fsp3) is 0.957. The fourth-order valence-electron chi connectivity index (χ4n) is 7.88. The Kier molecular flexibility index (Phi) is 35.9. The first-order valence-electron chi connectivity index (χ1n) is 23.3. The molecule has 52 heavy (non-hydrogen) atoms. The smallest absolute Gasteiger partial charge is 0.305 e. The summed E-state index contributed by atoms with van der Waals surface area (Å²) in [4.78, 5) is 29.9. The zero-order chi connectivity index (χ0) is 37.6. The monoisotopic (exact) mass is 735 g/mol. The van der Waals surface area contributed by atoms with Crippen molar-refractivity contribution in [3.63, 3.8) is 0 Å². The third kappa shape index (κ3) is 32.3. The Morgan fingerprint density at radius 2 is 0.885 bits per heavy atom. The maximum Gasteiger partial charge on any atom is 0.305 e. The molecule has 0 spiro atoms. The molecule has 1 saturated heterocycles. The van der Waals surface area contributed by atoms with Gasteiger partial charge in [-0.2, -0.15) is 0 Å². The second-order valence-electron chi connectivity index (χ2n) is 16.3. The van der Waals surface area contributed by atoms with Crippen LogP contribution in [0.4, 0.5) is 0 Å². The van der Waals surface area contributed by atoms with E-state index in [-0.39, 0.29) is 11.9 Å². The van der Waals surface area contributed by atoms with Crippen LogP contribution in [0.25, 0.3) is 0 Å². The third-order valence-electron chi connectivity index (χ3n) is 11.3. The Hall–Kier alpha value is -1.14. The summed E-state index contributed by atoms with van der Waals surface area (Å²) in [5, 5.41) is 0. The van der Waals surface area contributed by atoms with Crippen LogP contribution in [0.15, 0.2) is 0 Å². The molecule has 1 fully saturated rings. The molecule has 0 saturated carbocycles. The lowest BCUT2D eigenvalue weighted by atomic mass is 9.91. The molecule has 308 valence electrons. The standard InChI is InChI=1S/C46H90N2O4/c1-4-7-10-11-12-13-14-18-28-42-51-45(49)35-23-19-25-37-47(40-30-41-48-38-26-27-39-48)36-24-17-15-16-22-34-46(50)52-43-29-33-44(31-20-8-5-2)32-21-9-6-3/h44H,4-43H2,1-3H3. The molecule has 0 amide bonds. The summed E-state index contributed by atoms with van der Waals surface area (Å²) < 4.78 is 11.1. The van der Waals surface area contributed by atoms with Crippen molar-refractivity contribution in [2.24, 2.45) is 5.92 Å². The highest BCUT2D eigenvalue weighted by Crippen LogP contribution is 2.22. The molecule has 0 aliphatic carbocycles. The van der Waals surface area contributed by atoms with Crippen LogP contribution in [-0.4, -0.2) is 74.2 Å². The molecule has 0 aromatic rings. The maximum atomic E-state index is 12.3. The first-order chi connectivity index (χ1) is 25.6. The third-order valence-corrected chi connectivity index (χ3v) is 11.3. The summed E-state index contributed by atoms with van der Waals surface area (Å²) in [5.41, 5.74) is 0. The number of esters is 2. The topological polar surface area (TPSA) is 59.1 Å². The largest absolute Gasteiger partial charge is 0.466 e. The second-order valence-corrected chi connectivity index (χ2v) is 16.3. The van der Waals surface area contributed by atoms with Crippen LogP contribution in [0, 0.1) is 5.92 Å². The van der Waals surface area contributed by atoms with E-state index in [2.05, 4.69) is 30.6 Å². The second kappa shape index (κ2) is 38.1. The minimum atomic E-state index is -0.00484. The van der Waals surface area contributed by atoms with Crippen molar-refractivity contribution < 1.29 is 19.1 Å². The van der Waals surface area contributed by atoms with E-state index in [9.17, 15) is 9.59 Å². The van der Waals surface area contributed by atoms with E-state index in [1.807, 2.05) is 0 Å². The van der Waals surface area contributed by atoms with Crippen LogP contribution in [0.5, 0.6) is 0 Å². The van der Waals surface area contributed by atoms with E-state index in [0.717, 1.165) is 57.4 Å². The van der Waals surface area contributed by atoms with Crippen LogP contribution < -0.4 is 0 Å². The number of rotatable bonds is 40. The highest BCUT2D eigenvalue weighted by Gasteiger charge is 2.13. The van der Waals surface area contributed by atoms with Gasteiger partial charge in [0, 0.05) is 12.8 Å². The Morgan fingerprint density at radius 3 is 1.44 bits per heavy atom. The van der Waals surface area contributed by atoms with Crippen molar-refractivity contribution >= 4 is 11.9 Å². The lowest BCUT2D eigenvalue weighted by molar-refractivity contribution is -0.144. The van der Waals surface area contributed by atoms with E-state index in [0.29, 0.717) is 26.1 Å². The Balaban J connectivity index is 2.13. The lowest BCUT2D eigenvalue weighted by Gasteiger charge is -2.24. The average Bonchev–Trinajstić information content (AvgIpc) is 3.67. The normalized spacial score (nSPS) is 13.5. The summed E-state index contributed by atoms with van der Waals surface area (Å²) in [7, 11) is 0. The predicted octanol–water partition coefficient (Wildman–Crippen LogP) is 12.8. The zero-order valence-electron chi connectivity index (χ0n) is 35.4. The molecule has 0 atom stereocenters. The summed E-state index contributed by atoms with van der Waals surface area (Å²) in [6.45, 7) is 15.3. The van der Waals surface area contributed by atoms with Gasteiger partial charge in [0.1, 0.15) is 0 Å². The van der Waals surface area contributed by atoms with Gasteiger partial charge in [-0.3, -0.25) is 9.59 Å². The zero-order valence-corrected chi connectivity index (χ0v) is 35.4. The van der Waals surface area contributed by atoms with Gasteiger partial charge in [0.2, 0.25) is 0 Å². The molecule has 1 rings (SSSR count). The quantitative estimate of drug-likeness (QED) is 0.0461. The predicted molar refractivity (Wildman–Crippen MR) is 223 cm³/mol. The van der Waals surface area contributed by atoms with Gasteiger partial charge in [-0.05, 0) is 109 Å². The number of hydrogen-bond donors (Lipinski definition) is 0. The summed E-state index contributed by atoms with van der Waals surface area (Å²) in [5.74, 6) is 0.812. The van der Waals surface area contributed by atoms with Crippen molar-refractivity contribution in [2.75, 3.05) is 52.5 Å². The van der Waals surface area contributed by atoms with E-state index < -0.39 is 0 Å². The van der Waals surface area contributed by atoms with Crippen molar-refractivity contribution in [3.8, 4) is 0 Å². The molecule has 6 heteroatoms. The molecule has 0 unspecified atom stereocenters. The number of nitrogens with zero attached hydrogens (tertiary/aromatic N) is 2. The van der Waals surface area contributed by atoms with Crippen molar-refractivity contribution in [2.45, 2.75) is 226 Å². The van der Waals surface area contributed by atoms with Crippen LogP contribution in [0.2, 0.25) is 0 Å². The van der Waals surface area contributed by atoms with Gasteiger partial charge < -0.3 is 19.3 Å². The number of likely N-dealkylation sites (tertiary alicyclic amines) is 1. The molecule has 1 aliphatic heterocycles. The van der Waals surface area contributed by atoms with Crippen LogP contribution in [-0.2, 0) is 19.1 Å². The van der Waals surface area contributed by atoms with Gasteiger partial charge in [0.25, 0.3) is 0 Å². The van der Waals surface area contributed by atoms with E-state index >= 15 is 0 Å². The first-order valence-corrected chi connectivity index (χ1v) is 23.3. The first kappa shape index (κ1) is 48.9. The Morgan fingerprint density at radius 1 is 0.481 bits per heavy atom. The fourth-order valence-corrected chi connectivity index (χ4v) is 7.88. The molecule has 0 radical (unpaired) electrons. The lowest BCUT2D eigenvalue weighted by Crippen LogP contribution is -2.30. The molecule has 1 aliphatic rings. The minimum Gasteiger partial charge on any atom is -0.466 e. The number of carbonyl (C=O) groups is 2. The molecular weight excluding hydrogens is 645 g/mol. The summed E-state index contributed by atoms with van der Waals surface area (Å²) in [6.07, 6.45) is 38.6. The van der Waals surface area contributed by atoms with Gasteiger partial charge in [-0.1, -0.05) is 149 Å². The Labute approximate surface area is 324 Å². The van der Waals surface area contributed by atoms with Gasteiger partial charge in [-0.25, -0.2) is 0 Å². The SMILES string of the molecule is CCCCCCCCCCCOC(=O)CCCCCN(CCCCCCCC(=O)OCCCC(CCCCC)CCCCC)CCCN1CCCC1. The summed E-state index contributed by atoms with van der Waals surface area (Å²) in [6, 6.07) is 0. The summed E-state index contributed by atoms with van der Waals surface area (Å²) >= 11 is 0. The molecule has 6 nitrogen and oxygen atoms in total. The number of carbonyl (C=O) groups excluding carboxylic acids is 2. The molecular formula is C46H90N2O4. The molecule has 0 bridgehead atoms.